The molecule has 1 atom stereocenters. The van der Waals surface area contributed by atoms with Gasteiger partial charge in [-0.05, 0) is 31.4 Å². The number of nitrogens with zero attached hydrogens (tertiary/aromatic N) is 1. The first-order valence-electron chi connectivity index (χ1n) is 5.82. The predicted molar refractivity (Wildman–Crippen MR) is 70.3 cm³/mol. The molecule has 6 heteroatoms. The minimum Gasteiger partial charge on any atom is -0.479 e. The summed E-state index contributed by atoms with van der Waals surface area (Å²) in [5.74, 6) is -1.15. The van der Waals surface area contributed by atoms with E-state index in [0.717, 1.165) is 6.42 Å². The molecule has 1 aliphatic rings. The highest BCUT2D eigenvalue weighted by molar-refractivity contribution is 7.18. The number of amides is 1. The third-order valence-electron chi connectivity index (χ3n) is 3.50. The number of likely N-dealkylation sites (tertiary alicyclic amines) is 1. The van der Waals surface area contributed by atoms with Crippen LogP contribution in [-0.2, 0) is 4.79 Å². The van der Waals surface area contributed by atoms with Crippen LogP contribution in [0.2, 0.25) is 4.34 Å². The number of hydrogen-bond acceptors (Lipinski definition) is 3. The Hall–Kier alpha value is -1.07. The lowest BCUT2D eigenvalue weighted by Gasteiger charge is -2.33. The Balaban J connectivity index is 2.32. The van der Waals surface area contributed by atoms with Gasteiger partial charge in [0.15, 0.2) is 0 Å². The van der Waals surface area contributed by atoms with E-state index in [1.54, 1.807) is 19.1 Å². The molecule has 2 rings (SSSR count). The van der Waals surface area contributed by atoms with Crippen LogP contribution in [0.4, 0.5) is 0 Å². The van der Waals surface area contributed by atoms with Gasteiger partial charge in [-0.2, -0.15) is 0 Å². The van der Waals surface area contributed by atoms with Crippen molar-refractivity contribution in [2.75, 3.05) is 6.54 Å². The third kappa shape index (κ3) is 2.01. The van der Waals surface area contributed by atoms with Crippen molar-refractivity contribution in [2.45, 2.75) is 31.7 Å². The Morgan fingerprint density at radius 2 is 2.28 bits per heavy atom. The van der Waals surface area contributed by atoms with E-state index >= 15 is 0 Å². The average Bonchev–Trinajstić information content (AvgIpc) is 2.94. The zero-order valence-electron chi connectivity index (χ0n) is 9.98. The number of hydrogen-bond donors (Lipinski definition) is 1. The zero-order valence-corrected chi connectivity index (χ0v) is 11.6. The van der Waals surface area contributed by atoms with Gasteiger partial charge in [0, 0.05) is 6.54 Å². The van der Waals surface area contributed by atoms with Crippen LogP contribution in [0.5, 0.6) is 0 Å². The quantitative estimate of drug-likeness (QED) is 0.930. The molecule has 0 radical (unpaired) electrons. The van der Waals surface area contributed by atoms with Crippen molar-refractivity contribution in [2.24, 2.45) is 0 Å². The van der Waals surface area contributed by atoms with Crippen LogP contribution in [0.3, 0.4) is 0 Å². The summed E-state index contributed by atoms with van der Waals surface area (Å²) in [5.41, 5.74) is -1.05. The summed E-state index contributed by atoms with van der Waals surface area (Å²) >= 11 is 7.00. The molecule has 1 aromatic heterocycles. The number of carbonyl (C=O) groups excluding carboxylic acids is 1. The maximum absolute atomic E-state index is 12.4. The molecule has 0 spiro atoms. The Bertz CT molecular complexity index is 487. The van der Waals surface area contributed by atoms with Gasteiger partial charge in [-0.3, -0.25) is 4.79 Å². The molecule has 2 heterocycles. The highest BCUT2D eigenvalue weighted by atomic mass is 35.5. The molecular weight excluding hydrogens is 274 g/mol. The molecule has 1 fully saturated rings. The maximum Gasteiger partial charge on any atom is 0.329 e. The Labute approximate surface area is 114 Å². The van der Waals surface area contributed by atoms with E-state index in [4.69, 9.17) is 11.6 Å². The molecule has 1 aliphatic heterocycles. The van der Waals surface area contributed by atoms with Gasteiger partial charge in [0.05, 0.1) is 9.21 Å². The summed E-state index contributed by atoms with van der Waals surface area (Å²) in [7, 11) is 0. The molecule has 1 N–H and O–H groups in total. The second-order valence-corrected chi connectivity index (χ2v) is 6.07. The largest absolute Gasteiger partial charge is 0.479 e. The summed E-state index contributed by atoms with van der Waals surface area (Å²) in [6.45, 7) is 2.30. The summed E-state index contributed by atoms with van der Waals surface area (Å²) in [5, 5.41) is 9.42. The Kier molecular flexibility index (Phi) is 3.64. The fourth-order valence-electron chi connectivity index (χ4n) is 2.48. The maximum atomic E-state index is 12.4. The number of halogens is 1. The van der Waals surface area contributed by atoms with Gasteiger partial charge in [0.2, 0.25) is 0 Å². The lowest BCUT2D eigenvalue weighted by Crippen LogP contribution is -2.52. The van der Waals surface area contributed by atoms with Crippen molar-refractivity contribution in [3.8, 4) is 0 Å². The second kappa shape index (κ2) is 4.90. The molecule has 0 bridgehead atoms. The van der Waals surface area contributed by atoms with Crippen molar-refractivity contribution >= 4 is 34.8 Å². The number of aliphatic carboxylic acids is 1. The molecule has 0 saturated carbocycles. The van der Waals surface area contributed by atoms with Crippen LogP contribution < -0.4 is 0 Å². The number of carbonyl (C=O) groups is 2. The van der Waals surface area contributed by atoms with Crippen molar-refractivity contribution in [3.05, 3.63) is 21.3 Å². The molecular formula is C12H14ClNO3S. The highest BCUT2D eigenvalue weighted by Gasteiger charge is 2.48. The van der Waals surface area contributed by atoms with Crippen LogP contribution in [0.25, 0.3) is 0 Å². The van der Waals surface area contributed by atoms with Gasteiger partial charge in [-0.15, -0.1) is 11.3 Å². The summed E-state index contributed by atoms with van der Waals surface area (Å²) < 4.78 is 0.537. The van der Waals surface area contributed by atoms with Crippen LogP contribution >= 0.6 is 22.9 Å². The summed E-state index contributed by atoms with van der Waals surface area (Å²) in [4.78, 5) is 25.8. The van der Waals surface area contributed by atoms with Crippen LogP contribution in [0.1, 0.15) is 35.9 Å². The first kappa shape index (κ1) is 13.4. The highest BCUT2D eigenvalue weighted by Crippen LogP contribution is 2.35. The van der Waals surface area contributed by atoms with Crippen LogP contribution in [-0.4, -0.2) is 34.0 Å². The van der Waals surface area contributed by atoms with Gasteiger partial charge >= 0.3 is 5.97 Å². The Morgan fingerprint density at radius 1 is 1.56 bits per heavy atom. The van der Waals surface area contributed by atoms with E-state index < -0.39 is 11.5 Å². The van der Waals surface area contributed by atoms with Crippen molar-refractivity contribution < 1.29 is 14.7 Å². The third-order valence-corrected chi connectivity index (χ3v) is 4.72. The standard InChI is InChI=1S/C12H14ClNO3S/c1-2-12(11(16)17)6-3-7-14(12)10(15)8-4-5-9(13)18-8/h4-5H,2-3,6-7H2,1H3,(H,16,17). The van der Waals surface area contributed by atoms with E-state index in [0.29, 0.717) is 28.6 Å². The van der Waals surface area contributed by atoms with Crippen LogP contribution in [0.15, 0.2) is 12.1 Å². The summed E-state index contributed by atoms with van der Waals surface area (Å²) in [6.07, 6.45) is 1.67. The predicted octanol–water partition coefficient (Wildman–Crippen LogP) is 2.87. The number of carboxylic acid groups (broad SMARTS) is 1. The topological polar surface area (TPSA) is 57.6 Å². The van der Waals surface area contributed by atoms with Crippen molar-refractivity contribution in [1.29, 1.82) is 0 Å². The molecule has 1 unspecified atom stereocenters. The lowest BCUT2D eigenvalue weighted by atomic mass is 9.93. The molecule has 0 aliphatic carbocycles. The van der Waals surface area contributed by atoms with Crippen molar-refractivity contribution in [1.82, 2.24) is 4.90 Å². The lowest BCUT2D eigenvalue weighted by molar-refractivity contribution is -0.148. The second-order valence-electron chi connectivity index (χ2n) is 4.35. The van der Waals surface area contributed by atoms with Crippen LogP contribution in [0, 0.1) is 0 Å². The van der Waals surface area contributed by atoms with Gasteiger partial charge in [-0.1, -0.05) is 18.5 Å². The molecule has 98 valence electrons. The minimum absolute atomic E-state index is 0.228. The fourth-order valence-corrected chi connectivity index (χ4v) is 3.47. The molecule has 1 aromatic rings. The average molecular weight is 288 g/mol. The van der Waals surface area contributed by atoms with E-state index in [1.165, 1.54) is 16.2 Å². The molecule has 1 amide bonds. The normalized spacial score (nSPS) is 23.3. The number of carboxylic acids is 1. The zero-order chi connectivity index (χ0) is 13.3. The van der Waals surface area contributed by atoms with Gasteiger partial charge in [-0.25, -0.2) is 4.79 Å². The molecule has 0 aromatic carbocycles. The molecule has 18 heavy (non-hydrogen) atoms. The minimum atomic E-state index is -1.05. The van der Waals surface area contributed by atoms with Gasteiger partial charge in [0.1, 0.15) is 5.54 Å². The van der Waals surface area contributed by atoms with Crippen molar-refractivity contribution in [3.63, 3.8) is 0 Å². The fraction of sp³-hybridized carbons (Fsp3) is 0.500. The first-order valence-corrected chi connectivity index (χ1v) is 7.01. The first-order chi connectivity index (χ1) is 8.51. The van der Waals surface area contributed by atoms with E-state index in [2.05, 4.69) is 0 Å². The monoisotopic (exact) mass is 287 g/mol. The smallest absolute Gasteiger partial charge is 0.329 e. The number of rotatable bonds is 3. The number of thiophene rings is 1. The van der Waals surface area contributed by atoms with Gasteiger partial charge in [0.25, 0.3) is 5.91 Å². The molecule has 4 nitrogen and oxygen atoms in total. The summed E-state index contributed by atoms with van der Waals surface area (Å²) in [6, 6.07) is 3.31. The van der Waals surface area contributed by atoms with E-state index in [9.17, 15) is 14.7 Å². The van der Waals surface area contributed by atoms with E-state index in [1.807, 2.05) is 0 Å². The Morgan fingerprint density at radius 3 is 2.78 bits per heavy atom. The van der Waals surface area contributed by atoms with Gasteiger partial charge < -0.3 is 10.0 Å². The molecule has 1 saturated heterocycles. The SMILES string of the molecule is CCC1(C(=O)O)CCCN1C(=O)c1ccc(Cl)s1. The van der Waals surface area contributed by atoms with E-state index in [-0.39, 0.29) is 5.91 Å².